The lowest BCUT2D eigenvalue weighted by Gasteiger charge is -2.14. The molecule has 7 nitrogen and oxygen atoms in total. The van der Waals surface area contributed by atoms with Crippen LogP contribution in [-0.4, -0.2) is 41.5 Å². The molecule has 3 rings (SSSR count). The Balaban J connectivity index is 1.60. The van der Waals surface area contributed by atoms with Gasteiger partial charge in [-0.05, 0) is 51.8 Å². The van der Waals surface area contributed by atoms with Crippen molar-refractivity contribution in [3.63, 3.8) is 0 Å². The van der Waals surface area contributed by atoms with Gasteiger partial charge in [0.2, 0.25) is 0 Å². The van der Waals surface area contributed by atoms with Crippen LogP contribution < -0.4 is 20.1 Å². The molecule has 0 fully saturated rings. The molecular formula is C22H33N5O2. The second kappa shape index (κ2) is 10.2. The van der Waals surface area contributed by atoms with Gasteiger partial charge in [0.05, 0.1) is 19.3 Å². The third-order valence-corrected chi connectivity index (χ3v) is 4.75. The second-order valence-corrected chi connectivity index (χ2v) is 7.39. The van der Waals surface area contributed by atoms with Crippen molar-refractivity contribution in [3.05, 3.63) is 41.2 Å². The van der Waals surface area contributed by atoms with Gasteiger partial charge < -0.3 is 20.1 Å². The van der Waals surface area contributed by atoms with Crippen LogP contribution in [0.2, 0.25) is 0 Å². The molecule has 0 amide bonds. The molecule has 1 aromatic carbocycles. The van der Waals surface area contributed by atoms with E-state index in [1.165, 1.54) is 11.1 Å². The first kappa shape index (κ1) is 21.0. The highest BCUT2D eigenvalue weighted by atomic mass is 16.5. The number of aromatic nitrogens is 2. The number of benzene rings is 1. The molecule has 1 atom stereocenters. The SMILES string of the molecule is CCNC(=NCc1cc2c(cc1OCC)CC(C)O2)NCCCn1cc(C)cn1. The van der Waals surface area contributed by atoms with E-state index in [1.807, 2.05) is 17.8 Å². The van der Waals surface area contributed by atoms with Gasteiger partial charge in [0, 0.05) is 43.4 Å². The topological polar surface area (TPSA) is 72.7 Å². The van der Waals surface area contributed by atoms with Crippen molar-refractivity contribution in [2.45, 2.75) is 59.7 Å². The maximum atomic E-state index is 5.91. The zero-order chi connectivity index (χ0) is 20.6. The van der Waals surface area contributed by atoms with Crippen LogP contribution in [0.15, 0.2) is 29.5 Å². The normalized spacial score (nSPS) is 15.7. The van der Waals surface area contributed by atoms with Crippen molar-refractivity contribution in [1.82, 2.24) is 20.4 Å². The van der Waals surface area contributed by atoms with Crippen molar-refractivity contribution in [1.29, 1.82) is 0 Å². The number of guanidine groups is 1. The first-order chi connectivity index (χ1) is 14.1. The summed E-state index contributed by atoms with van der Waals surface area (Å²) in [5, 5.41) is 11.0. The number of hydrogen-bond donors (Lipinski definition) is 2. The van der Waals surface area contributed by atoms with E-state index in [-0.39, 0.29) is 6.10 Å². The summed E-state index contributed by atoms with van der Waals surface area (Å²) >= 11 is 0. The minimum absolute atomic E-state index is 0.218. The van der Waals surface area contributed by atoms with Crippen molar-refractivity contribution in [2.24, 2.45) is 4.99 Å². The Labute approximate surface area is 173 Å². The third kappa shape index (κ3) is 5.89. The predicted octanol–water partition coefficient (Wildman–Crippen LogP) is 3.06. The Bertz CT molecular complexity index is 831. The highest BCUT2D eigenvalue weighted by molar-refractivity contribution is 5.79. The van der Waals surface area contributed by atoms with Crippen LogP contribution in [0.5, 0.6) is 11.5 Å². The van der Waals surface area contributed by atoms with Crippen LogP contribution in [-0.2, 0) is 19.5 Å². The number of ether oxygens (including phenoxy) is 2. The summed E-state index contributed by atoms with van der Waals surface area (Å²) in [5.41, 5.74) is 3.45. The van der Waals surface area contributed by atoms with E-state index in [9.17, 15) is 0 Å². The van der Waals surface area contributed by atoms with Gasteiger partial charge in [0.15, 0.2) is 5.96 Å². The first-order valence-electron chi connectivity index (χ1n) is 10.6. The van der Waals surface area contributed by atoms with E-state index in [4.69, 9.17) is 14.5 Å². The molecule has 2 aromatic rings. The summed E-state index contributed by atoms with van der Waals surface area (Å²) in [6.45, 7) is 11.9. The molecule has 0 spiro atoms. The van der Waals surface area contributed by atoms with Crippen molar-refractivity contribution < 1.29 is 9.47 Å². The summed E-state index contributed by atoms with van der Waals surface area (Å²) in [6, 6.07) is 4.19. The standard InChI is InChI=1S/C22H33N5O2/c1-5-23-22(24-8-7-9-27-15-16(3)13-26-27)25-14-19-12-21-18(10-17(4)29-21)11-20(19)28-6-2/h11-13,15,17H,5-10,14H2,1-4H3,(H2,23,24,25). The number of aryl methyl sites for hydroxylation is 2. The summed E-state index contributed by atoms with van der Waals surface area (Å²) in [6.07, 6.45) is 6.07. The maximum absolute atomic E-state index is 5.91. The number of rotatable bonds is 9. The van der Waals surface area contributed by atoms with Crippen molar-refractivity contribution in [3.8, 4) is 11.5 Å². The average Bonchev–Trinajstić information content (AvgIpc) is 3.27. The van der Waals surface area contributed by atoms with Crippen molar-refractivity contribution in [2.75, 3.05) is 19.7 Å². The smallest absolute Gasteiger partial charge is 0.191 e. The molecular weight excluding hydrogens is 366 g/mol. The van der Waals surface area contributed by atoms with Crippen LogP contribution in [0, 0.1) is 6.92 Å². The minimum atomic E-state index is 0.218. The summed E-state index contributed by atoms with van der Waals surface area (Å²) in [4.78, 5) is 4.76. The van der Waals surface area contributed by atoms with Gasteiger partial charge in [0.25, 0.3) is 0 Å². The van der Waals surface area contributed by atoms with Crippen molar-refractivity contribution >= 4 is 5.96 Å². The van der Waals surface area contributed by atoms with E-state index in [0.29, 0.717) is 13.2 Å². The highest BCUT2D eigenvalue weighted by Crippen LogP contribution is 2.35. The number of aliphatic imine (C=N–C) groups is 1. The molecule has 2 heterocycles. The monoisotopic (exact) mass is 399 g/mol. The van der Waals surface area contributed by atoms with Gasteiger partial charge >= 0.3 is 0 Å². The molecule has 1 aliphatic rings. The zero-order valence-corrected chi connectivity index (χ0v) is 18.0. The molecule has 0 saturated heterocycles. The zero-order valence-electron chi connectivity index (χ0n) is 18.0. The minimum Gasteiger partial charge on any atom is -0.494 e. The van der Waals surface area contributed by atoms with Crippen LogP contribution in [0.3, 0.4) is 0 Å². The van der Waals surface area contributed by atoms with Crippen LogP contribution in [0.25, 0.3) is 0 Å². The van der Waals surface area contributed by atoms with E-state index in [1.54, 1.807) is 0 Å². The highest BCUT2D eigenvalue weighted by Gasteiger charge is 2.21. The quantitative estimate of drug-likeness (QED) is 0.385. The lowest BCUT2D eigenvalue weighted by Crippen LogP contribution is -2.38. The molecule has 1 unspecified atom stereocenters. The molecule has 1 aromatic heterocycles. The molecule has 7 heteroatoms. The summed E-state index contributed by atoms with van der Waals surface area (Å²) in [7, 11) is 0. The predicted molar refractivity (Wildman–Crippen MR) is 116 cm³/mol. The van der Waals surface area contributed by atoms with Gasteiger partial charge in [-0.2, -0.15) is 5.10 Å². The molecule has 0 radical (unpaired) electrons. The number of nitrogens with zero attached hydrogens (tertiary/aromatic N) is 3. The van der Waals surface area contributed by atoms with E-state index in [0.717, 1.165) is 55.5 Å². The number of fused-ring (bicyclic) bond motifs is 1. The molecule has 0 aliphatic carbocycles. The third-order valence-electron chi connectivity index (χ3n) is 4.75. The summed E-state index contributed by atoms with van der Waals surface area (Å²) < 4.78 is 13.8. The molecule has 0 saturated carbocycles. The molecule has 29 heavy (non-hydrogen) atoms. The fourth-order valence-corrected chi connectivity index (χ4v) is 3.44. The van der Waals surface area contributed by atoms with Gasteiger partial charge in [0.1, 0.15) is 17.6 Å². The Hall–Kier alpha value is -2.70. The van der Waals surface area contributed by atoms with Gasteiger partial charge in [-0.25, -0.2) is 4.99 Å². The van der Waals surface area contributed by atoms with Crippen LogP contribution in [0.1, 0.15) is 43.9 Å². The Morgan fingerprint density at radius 3 is 2.93 bits per heavy atom. The Morgan fingerprint density at radius 2 is 2.21 bits per heavy atom. The first-order valence-corrected chi connectivity index (χ1v) is 10.6. The lowest BCUT2D eigenvalue weighted by molar-refractivity contribution is 0.254. The largest absolute Gasteiger partial charge is 0.494 e. The van der Waals surface area contributed by atoms with Gasteiger partial charge in [-0.3, -0.25) is 4.68 Å². The van der Waals surface area contributed by atoms with E-state index in [2.05, 4.69) is 54.8 Å². The van der Waals surface area contributed by atoms with E-state index >= 15 is 0 Å². The maximum Gasteiger partial charge on any atom is 0.191 e. The van der Waals surface area contributed by atoms with Gasteiger partial charge in [-0.1, -0.05) is 0 Å². The molecule has 0 bridgehead atoms. The average molecular weight is 400 g/mol. The summed E-state index contributed by atoms with van der Waals surface area (Å²) in [5.74, 6) is 2.66. The molecule has 1 aliphatic heterocycles. The second-order valence-electron chi connectivity index (χ2n) is 7.39. The van der Waals surface area contributed by atoms with Crippen LogP contribution >= 0.6 is 0 Å². The lowest BCUT2D eigenvalue weighted by atomic mass is 10.1. The fraction of sp³-hybridized carbons (Fsp3) is 0.545. The molecule has 2 N–H and O–H groups in total. The fourth-order valence-electron chi connectivity index (χ4n) is 3.44. The Morgan fingerprint density at radius 1 is 1.34 bits per heavy atom. The molecule has 158 valence electrons. The van der Waals surface area contributed by atoms with Gasteiger partial charge in [-0.15, -0.1) is 0 Å². The number of nitrogens with one attached hydrogen (secondary N) is 2. The number of hydrogen-bond acceptors (Lipinski definition) is 4. The van der Waals surface area contributed by atoms with Crippen LogP contribution in [0.4, 0.5) is 0 Å². The Kier molecular flexibility index (Phi) is 7.38. The van der Waals surface area contributed by atoms with E-state index < -0.39 is 0 Å².